The number of carbonyl (C=O) groups is 1. The minimum Gasteiger partial charge on any atom is -0.485 e. The molecule has 0 unspecified atom stereocenters. The maximum absolute atomic E-state index is 13.0. The number of nitrogens with zero attached hydrogens (tertiary/aromatic N) is 3. The van der Waals surface area contributed by atoms with Gasteiger partial charge in [-0.2, -0.15) is 13.2 Å². The molecule has 0 radical (unpaired) electrons. The molecule has 0 bridgehead atoms. The lowest BCUT2D eigenvalue weighted by Gasteiger charge is -2.19. The molecule has 4 heterocycles. The molecule has 186 valence electrons. The quantitative estimate of drug-likeness (QED) is 0.383. The predicted octanol–water partition coefficient (Wildman–Crippen LogP) is 5.47. The van der Waals surface area contributed by atoms with Crippen LogP contribution in [0.4, 0.5) is 18.9 Å². The highest BCUT2D eigenvalue weighted by Gasteiger charge is 2.33. The van der Waals surface area contributed by atoms with E-state index in [1.54, 1.807) is 16.7 Å². The molecule has 1 N–H and O–H groups in total. The van der Waals surface area contributed by atoms with Crippen molar-refractivity contribution in [3.8, 4) is 5.75 Å². The molecular formula is C26H23F3N4O3. The van der Waals surface area contributed by atoms with E-state index in [0.717, 1.165) is 36.2 Å². The van der Waals surface area contributed by atoms with Crippen LogP contribution < -0.4 is 10.1 Å². The number of carbonyl (C=O) groups excluding carboxylic acids is 1. The first kappa shape index (κ1) is 23.8. The van der Waals surface area contributed by atoms with Crippen LogP contribution in [-0.4, -0.2) is 33.5 Å². The van der Waals surface area contributed by atoms with Crippen molar-refractivity contribution in [2.24, 2.45) is 0 Å². The van der Waals surface area contributed by atoms with Crippen molar-refractivity contribution >= 4 is 17.2 Å². The molecule has 1 fully saturated rings. The van der Waals surface area contributed by atoms with Gasteiger partial charge in [0, 0.05) is 37.6 Å². The van der Waals surface area contributed by atoms with Crippen LogP contribution in [0.25, 0.3) is 5.65 Å². The summed E-state index contributed by atoms with van der Waals surface area (Å²) in [6.07, 6.45) is 0.611. The van der Waals surface area contributed by atoms with Gasteiger partial charge in [-0.25, -0.2) is 9.97 Å². The number of benzene rings is 1. The SMILES string of the molecule is O=C(Nc1cc(OCc2ccccc2)c2nc(C3CCOCC3)cn2c1)c1cccc(C(F)(F)F)n1. The van der Waals surface area contributed by atoms with E-state index < -0.39 is 17.8 Å². The minimum absolute atomic E-state index is 0.243. The molecule has 5 rings (SSSR count). The summed E-state index contributed by atoms with van der Waals surface area (Å²) in [5, 5.41) is 2.64. The van der Waals surface area contributed by atoms with E-state index in [0.29, 0.717) is 30.3 Å². The Balaban J connectivity index is 1.46. The summed E-state index contributed by atoms with van der Waals surface area (Å²) in [4.78, 5) is 21.0. The second kappa shape index (κ2) is 9.98. The number of imidazole rings is 1. The van der Waals surface area contributed by atoms with Crippen LogP contribution in [0.5, 0.6) is 5.75 Å². The Morgan fingerprint density at radius 3 is 2.58 bits per heavy atom. The van der Waals surface area contributed by atoms with Crippen molar-refractivity contribution in [1.82, 2.24) is 14.4 Å². The van der Waals surface area contributed by atoms with Gasteiger partial charge in [0.2, 0.25) is 0 Å². The summed E-state index contributed by atoms with van der Waals surface area (Å²) in [5.74, 6) is -0.0841. The lowest BCUT2D eigenvalue weighted by atomic mass is 9.97. The summed E-state index contributed by atoms with van der Waals surface area (Å²) in [6, 6.07) is 14.4. The molecule has 4 aromatic rings. The fraction of sp³-hybridized carbons (Fsp3) is 0.269. The van der Waals surface area contributed by atoms with Crippen molar-refractivity contribution in [2.45, 2.75) is 31.5 Å². The Hall–Kier alpha value is -3.92. The summed E-state index contributed by atoms with van der Waals surface area (Å²) < 4.78 is 52.4. The molecule has 1 saturated heterocycles. The topological polar surface area (TPSA) is 77.8 Å². The molecule has 1 amide bonds. The first-order valence-corrected chi connectivity index (χ1v) is 11.5. The summed E-state index contributed by atoms with van der Waals surface area (Å²) in [5.41, 5.74) is 1.30. The second-order valence-corrected chi connectivity index (χ2v) is 8.51. The van der Waals surface area contributed by atoms with Gasteiger partial charge in [0.1, 0.15) is 18.0 Å². The van der Waals surface area contributed by atoms with Crippen LogP contribution in [-0.2, 0) is 17.5 Å². The molecule has 7 nitrogen and oxygen atoms in total. The lowest BCUT2D eigenvalue weighted by molar-refractivity contribution is -0.141. The standard InChI is InChI=1S/C26H23F3N4O3/c27-26(28,29)23-8-4-7-20(31-23)25(34)30-19-13-22(36-16-17-5-2-1-3-6-17)24-32-21(15-33(24)14-19)18-9-11-35-12-10-18/h1-8,13-15,18H,9-12,16H2,(H,30,34). The van der Waals surface area contributed by atoms with Gasteiger partial charge in [-0.1, -0.05) is 36.4 Å². The fourth-order valence-corrected chi connectivity index (χ4v) is 4.10. The van der Waals surface area contributed by atoms with Gasteiger partial charge in [0.15, 0.2) is 11.4 Å². The maximum atomic E-state index is 13.0. The maximum Gasteiger partial charge on any atom is 0.433 e. The van der Waals surface area contributed by atoms with E-state index in [1.165, 1.54) is 6.07 Å². The fourth-order valence-electron chi connectivity index (χ4n) is 4.10. The van der Waals surface area contributed by atoms with Crippen molar-refractivity contribution < 1.29 is 27.4 Å². The summed E-state index contributed by atoms with van der Waals surface area (Å²) in [6.45, 7) is 1.62. The number of hydrogen-bond acceptors (Lipinski definition) is 5. The third-order valence-electron chi connectivity index (χ3n) is 5.94. The smallest absolute Gasteiger partial charge is 0.433 e. The van der Waals surface area contributed by atoms with Gasteiger partial charge >= 0.3 is 6.18 Å². The summed E-state index contributed by atoms with van der Waals surface area (Å²) in [7, 11) is 0. The number of amides is 1. The monoisotopic (exact) mass is 496 g/mol. The molecule has 0 aliphatic carbocycles. The third kappa shape index (κ3) is 5.33. The third-order valence-corrected chi connectivity index (χ3v) is 5.94. The molecule has 0 saturated carbocycles. The van der Waals surface area contributed by atoms with Crippen molar-refractivity contribution in [2.75, 3.05) is 18.5 Å². The molecule has 3 aromatic heterocycles. The number of halogens is 3. The molecular weight excluding hydrogens is 473 g/mol. The van der Waals surface area contributed by atoms with Gasteiger partial charge in [-0.3, -0.25) is 4.79 Å². The molecule has 1 aromatic carbocycles. The molecule has 0 spiro atoms. The van der Waals surface area contributed by atoms with E-state index in [4.69, 9.17) is 14.5 Å². The van der Waals surface area contributed by atoms with Crippen LogP contribution in [0.15, 0.2) is 67.0 Å². The number of ether oxygens (including phenoxy) is 2. The largest absolute Gasteiger partial charge is 0.485 e. The van der Waals surface area contributed by atoms with Gasteiger partial charge in [0.25, 0.3) is 5.91 Å². The second-order valence-electron chi connectivity index (χ2n) is 8.51. The van der Waals surface area contributed by atoms with Gasteiger partial charge in [-0.15, -0.1) is 0 Å². The minimum atomic E-state index is -4.65. The molecule has 0 atom stereocenters. The Morgan fingerprint density at radius 1 is 1.06 bits per heavy atom. The first-order chi connectivity index (χ1) is 17.4. The van der Waals surface area contributed by atoms with E-state index in [9.17, 15) is 18.0 Å². The number of pyridine rings is 2. The summed E-state index contributed by atoms with van der Waals surface area (Å²) >= 11 is 0. The highest BCUT2D eigenvalue weighted by molar-refractivity contribution is 6.03. The van der Waals surface area contributed by atoms with E-state index in [2.05, 4.69) is 10.3 Å². The van der Waals surface area contributed by atoms with Gasteiger partial charge in [-0.05, 0) is 30.5 Å². The number of nitrogens with one attached hydrogen (secondary N) is 1. The van der Waals surface area contributed by atoms with Crippen molar-refractivity contribution in [1.29, 1.82) is 0 Å². The van der Waals surface area contributed by atoms with Gasteiger partial charge in [0.05, 0.1) is 11.4 Å². The average Bonchev–Trinajstić information content (AvgIpc) is 3.32. The number of aromatic nitrogens is 3. The normalized spacial score (nSPS) is 14.6. The molecule has 1 aliphatic rings. The zero-order valence-corrected chi connectivity index (χ0v) is 19.2. The van der Waals surface area contributed by atoms with Crippen molar-refractivity contribution in [3.63, 3.8) is 0 Å². The lowest BCUT2D eigenvalue weighted by Crippen LogP contribution is -2.17. The van der Waals surface area contributed by atoms with Crippen LogP contribution in [0.1, 0.15) is 46.2 Å². The highest BCUT2D eigenvalue weighted by Crippen LogP contribution is 2.31. The molecule has 36 heavy (non-hydrogen) atoms. The van der Waals surface area contributed by atoms with E-state index >= 15 is 0 Å². The number of alkyl halides is 3. The Labute approximate surface area is 204 Å². The zero-order valence-electron chi connectivity index (χ0n) is 19.2. The van der Waals surface area contributed by atoms with Crippen LogP contribution in [0, 0.1) is 0 Å². The average molecular weight is 496 g/mol. The van der Waals surface area contributed by atoms with Crippen molar-refractivity contribution in [3.05, 3.63) is 89.6 Å². The Bertz CT molecular complexity index is 1370. The van der Waals surface area contributed by atoms with Gasteiger partial charge < -0.3 is 19.2 Å². The number of fused-ring (bicyclic) bond motifs is 1. The Morgan fingerprint density at radius 2 is 1.83 bits per heavy atom. The Kier molecular flexibility index (Phi) is 6.60. The van der Waals surface area contributed by atoms with Crippen LogP contribution >= 0.6 is 0 Å². The number of hydrogen-bond donors (Lipinski definition) is 1. The first-order valence-electron chi connectivity index (χ1n) is 11.5. The highest BCUT2D eigenvalue weighted by atomic mass is 19.4. The number of anilines is 1. The number of rotatable bonds is 6. The van der Waals surface area contributed by atoms with E-state index in [-0.39, 0.29) is 18.2 Å². The van der Waals surface area contributed by atoms with Crippen LogP contribution in [0.2, 0.25) is 0 Å². The molecule has 10 heteroatoms. The van der Waals surface area contributed by atoms with E-state index in [1.807, 2.05) is 36.5 Å². The molecule has 1 aliphatic heterocycles. The van der Waals surface area contributed by atoms with Crippen LogP contribution in [0.3, 0.4) is 0 Å². The zero-order chi connectivity index (χ0) is 25.1. The predicted molar refractivity (Wildman–Crippen MR) is 126 cm³/mol.